The quantitative estimate of drug-likeness (QED) is 0.607. The predicted octanol–water partition coefficient (Wildman–Crippen LogP) is 4.49. The first-order valence-electron chi connectivity index (χ1n) is 9.43. The van der Waals surface area contributed by atoms with Crippen LogP contribution in [0.25, 0.3) is 0 Å². The Balaban J connectivity index is 1.77. The van der Waals surface area contributed by atoms with Crippen molar-refractivity contribution in [1.29, 1.82) is 0 Å². The van der Waals surface area contributed by atoms with Crippen LogP contribution in [0, 0.1) is 0 Å². The van der Waals surface area contributed by atoms with Gasteiger partial charge in [0.15, 0.2) is 0 Å². The Kier molecular flexibility index (Phi) is 6.67. The number of anilines is 2. The molecular formula is C23H25N3O2S. The highest BCUT2D eigenvalue weighted by Gasteiger charge is 2.17. The number of nitrogens with one attached hydrogen (secondary N) is 2. The first kappa shape index (κ1) is 20.6. The van der Waals surface area contributed by atoms with Crippen molar-refractivity contribution in [3.8, 4) is 0 Å². The summed E-state index contributed by atoms with van der Waals surface area (Å²) in [6.45, 7) is 1.95. The van der Waals surface area contributed by atoms with E-state index >= 15 is 0 Å². The second-order valence-corrected chi connectivity index (χ2v) is 8.07. The molecule has 2 amide bonds. The lowest BCUT2D eigenvalue weighted by molar-refractivity contribution is -0.115. The van der Waals surface area contributed by atoms with E-state index < -0.39 is 0 Å². The van der Waals surface area contributed by atoms with Crippen LogP contribution < -0.4 is 15.5 Å². The number of rotatable bonds is 7. The van der Waals surface area contributed by atoms with E-state index in [1.165, 1.54) is 0 Å². The summed E-state index contributed by atoms with van der Waals surface area (Å²) < 4.78 is 0. The fourth-order valence-corrected chi connectivity index (χ4v) is 3.77. The van der Waals surface area contributed by atoms with Crippen molar-refractivity contribution in [3.05, 3.63) is 82.0 Å². The molecule has 3 aromatic rings. The first-order valence-corrected chi connectivity index (χ1v) is 10.3. The minimum Gasteiger partial charge on any atom is -0.377 e. The van der Waals surface area contributed by atoms with Crippen molar-refractivity contribution < 1.29 is 9.59 Å². The van der Waals surface area contributed by atoms with Gasteiger partial charge in [-0.25, -0.2) is 0 Å². The van der Waals surface area contributed by atoms with Gasteiger partial charge in [-0.3, -0.25) is 9.59 Å². The van der Waals surface area contributed by atoms with Crippen LogP contribution >= 0.6 is 11.3 Å². The average Bonchev–Trinajstić information content (AvgIpc) is 3.21. The topological polar surface area (TPSA) is 61.4 Å². The minimum absolute atomic E-state index is 0.103. The highest BCUT2D eigenvalue weighted by Crippen LogP contribution is 2.24. The van der Waals surface area contributed by atoms with Crippen LogP contribution in [0.3, 0.4) is 0 Å². The Morgan fingerprint density at radius 3 is 2.45 bits per heavy atom. The number of thiophene rings is 1. The van der Waals surface area contributed by atoms with E-state index in [1.807, 2.05) is 85.9 Å². The summed E-state index contributed by atoms with van der Waals surface area (Å²) >= 11 is 1.55. The molecule has 29 heavy (non-hydrogen) atoms. The SMILES string of the molecule is CC(NC(=O)c1cc(NC(=O)Cc2cccs2)ccc1N(C)C)c1ccccc1. The Morgan fingerprint density at radius 2 is 1.79 bits per heavy atom. The molecule has 0 saturated carbocycles. The lowest BCUT2D eigenvalue weighted by Crippen LogP contribution is -2.28. The molecule has 1 atom stereocenters. The van der Waals surface area contributed by atoms with Crippen LogP contribution in [0.2, 0.25) is 0 Å². The van der Waals surface area contributed by atoms with Crippen molar-refractivity contribution >= 4 is 34.5 Å². The molecule has 2 N–H and O–H groups in total. The third-order valence-electron chi connectivity index (χ3n) is 4.57. The van der Waals surface area contributed by atoms with Crippen LogP contribution in [0.1, 0.15) is 33.8 Å². The van der Waals surface area contributed by atoms with Crippen molar-refractivity contribution in [2.45, 2.75) is 19.4 Å². The number of hydrogen-bond donors (Lipinski definition) is 2. The molecule has 1 unspecified atom stereocenters. The zero-order valence-electron chi connectivity index (χ0n) is 16.8. The van der Waals surface area contributed by atoms with E-state index in [4.69, 9.17) is 0 Å². The fourth-order valence-electron chi connectivity index (χ4n) is 3.06. The average molecular weight is 408 g/mol. The van der Waals surface area contributed by atoms with Gasteiger partial charge in [0, 0.05) is 30.3 Å². The van der Waals surface area contributed by atoms with Gasteiger partial charge in [0.25, 0.3) is 5.91 Å². The number of nitrogens with zero attached hydrogens (tertiary/aromatic N) is 1. The Bertz CT molecular complexity index is 969. The highest BCUT2D eigenvalue weighted by atomic mass is 32.1. The van der Waals surface area contributed by atoms with E-state index in [2.05, 4.69) is 10.6 Å². The zero-order valence-corrected chi connectivity index (χ0v) is 17.6. The number of carbonyl (C=O) groups excluding carboxylic acids is 2. The molecule has 5 nitrogen and oxygen atoms in total. The van der Waals surface area contributed by atoms with Crippen LogP contribution in [0.5, 0.6) is 0 Å². The van der Waals surface area contributed by atoms with Crippen LogP contribution in [0.15, 0.2) is 66.0 Å². The Labute approximate surface area is 175 Å². The number of amides is 2. The van der Waals surface area contributed by atoms with Crippen molar-refractivity contribution in [2.24, 2.45) is 0 Å². The molecule has 1 heterocycles. The van der Waals surface area contributed by atoms with E-state index in [1.54, 1.807) is 17.4 Å². The summed E-state index contributed by atoms with van der Waals surface area (Å²) in [4.78, 5) is 28.2. The summed E-state index contributed by atoms with van der Waals surface area (Å²) in [7, 11) is 3.78. The van der Waals surface area contributed by atoms with E-state index in [0.717, 1.165) is 16.1 Å². The fraction of sp³-hybridized carbons (Fsp3) is 0.217. The number of carbonyl (C=O) groups is 2. The van der Waals surface area contributed by atoms with Gasteiger partial charge in [0.2, 0.25) is 5.91 Å². The molecule has 0 aliphatic carbocycles. The first-order chi connectivity index (χ1) is 13.9. The molecule has 0 fully saturated rings. The Hall–Kier alpha value is -3.12. The van der Waals surface area contributed by atoms with Crippen molar-refractivity contribution in [1.82, 2.24) is 5.32 Å². The molecule has 0 saturated heterocycles. The molecule has 0 aliphatic rings. The van der Waals surface area contributed by atoms with E-state index in [-0.39, 0.29) is 17.9 Å². The van der Waals surface area contributed by atoms with Gasteiger partial charge in [-0.1, -0.05) is 36.4 Å². The van der Waals surface area contributed by atoms with Gasteiger partial charge in [-0.05, 0) is 42.1 Å². The molecule has 0 radical (unpaired) electrons. The van der Waals surface area contributed by atoms with Gasteiger partial charge in [-0.15, -0.1) is 11.3 Å². The monoisotopic (exact) mass is 407 g/mol. The number of hydrogen-bond acceptors (Lipinski definition) is 4. The van der Waals surface area contributed by atoms with Crippen LogP contribution in [-0.2, 0) is 11.2 Å². The van der Waals surface area contributed by atoms with Crippen LogP contribution in [0.4, 0.5) is 11.4 Å². The number of benzene rings is 2. The third-order valence-corrected chi connectivity index (χ3v) is 5.45. The van der Waals surface area contributed by atoms with Gasteiger partial charge in [-0.2, -0.15) is 0 Å². The molecule has 0 bridgehead atoms. The van der Waals surface area contributed by atoms with Gasteiger partial charge < -0.3 is 15.5 Å². The predicted molar refractivity (Wildman–Crippen MR) is 120 cm³/mol. The summed E-state index contributed by atoms with van der Waals surface area (Å²) in [6.07, 6.45) is 0.319. The molecule has 0 spiro atoms. The van der Waals surface area contributed by atoms with Gasteiger partial charge in [0.1, 0.15) is 0 Å². The second-order valence-electron chi connectivity index (χ2n) is 7.04. The van der Waals surface area contributed by atoms with Crippen molar-refractivity contribution in [2.75, 3.05) is 24.3 Å². The Morgan fingerprint density at radius 1 is 1.03 bits per heavy atom. The van der Waals surface area contributed by atoms with E-state index in [9.17, 15) is 9.59 Å². The normalized spacial score (nSPS) is 11.6. The summed E-state index contributed by atoms with van der Waals surface area (Å²) in [5, 5.41) is 7.89. The molecule has 2 aromatic carbocycles. The second kappa shape index (κ2) is 9.39. The van der Waals surface area contributed by atoms with Gasteiger partial charge in [0.05, 0.1) is 18.0 Å². The zero-order chi connectivity index (χ0) is 20.8. The maximum atomic E-state index is 13.0. The molecule has 6 heteroatoms. The smallest absolute Gasteiger partial charge is 0.253 e. The summed E-state index contributed by atoms with van der Waals surface area (Å²) in [5.41, 5.74) is 2.95. The minimum atomic E-state index is -0.181. The van der Waals surface area contributed by atoms with Crippen molar-refractivity contribution in [3.63, 3.8) is 0 Å². The highest BCUT2D eigenvalue weighted by molar-refractivity contribution is 7.10. The van der Waals surface area contributed by atoms with Crippen LogP contribution in [-0.4, -0.2) is 25.9 Å². The maximum absolute atomic E-state index is 13.0. The molecule has 0 aliphatic heterocycles. The molecule has 150 valence electrons. The maximum Gasteiger partial charge on any atom is 0.253 e. The lowest BCUT2D eigenvalue weighted by atomic mass is 10.1. The molecule has 1 aromatic heterocycles. The summed E-state index contributed by atoms with van der Waals surface area (Å²) in [6, 6.07) is 19.0. The summed E-state index contributed by atoms with van der Waals surface area (Å²) in [5.74, 6) is -0.284. The van der Waals surface area contributed by atoms with E-state index in [0.29, 0.717) is 17.7 Å². The molecule has 3 rings (SSSR count). The van der Waals surface area contributed by atoms with Gasteiger partial charge >= 0.3 is 0 Å². The lowest BCUT2D eigenvalue weighted by Gasteiger charge is -2.20. The third kappa shape index (κ3) is 5.45. The standard InChI is InChI=1S/C23H25N3O2S/c1-16(17-8-5-4-6-9-17)24-23(28)20-14-18(11-12-21(20)26(2)3)25-22(27)15-19-10-7-13-29-19/h4-14,16H,15H2,1-3H3,(H,24,28)(H,25,27). The molecular weight excluding hydrogens is 382 g/mol. The largest absolute Gasteiger partial charge is 0.377 e.